The monoisotopic (exact) mass is 544 g/mol. The van der Waals surface area contributed by atoms with Crippen LogP contribution in [-0.4, -0.2) is 33.2 Å². The number of carbonyl (C=O) groups excluding carboxylic acids is 1. The first-order valence-electron chi connectivity index (χ1n) is 12.4. The molecule has 5 nitrogen and oxygen atoms in total. The van der Waals surface area contributed by atoms with Crippen LogP contribution in [0.3, 0.4) is 0 Å². The number of benzene rings is 3. The Bertz CT molecular complexity index is 1380. The molecule has 1 atom stereocenters. The third-order valence-electron chi connectivity index (χ3n) is 7.20. The van der Waals surface area contributed by atoms with Crippen LogP contribution in [0.1, 0.15) is 53.7 Å². The fraction of sp³-hybridized carbons (Fsp3) is 0.345. The van der Waals surface area contributed by atoms with Gasteiger partial charge in [-0.25, -0.2) is 8.42 Å². The van der Waals surface area contributed by atoms with E-state index in [2.05, 4.69) is 24.1 Å². The summed E-state index contributed by atoms with van der Waals surface area (Å²) in [5, 5.41) is 2.85. The number of hydrogen-bond acceptors (Lipinski definition) is 4. The van der Waals surface area contributed by atoms with Gasteiger partial charge in [-0.05, 0) is 65.1 Å². The minimum atomic E-state index is -4.35. The highest BCUT2D eigenvalue weighted by molar-refractivity contribution is 7.91. The highest BCUT2D eigenvalue weighted by Crippen LogP contribution is 2.44. The molecule has 0 saturated carbocycles. The molecule has 0 aromatic heterocycles. The van der Waals surface area contributed by atoms with Gasteiger partial charge in [-0.3, -0.25) is 4.79 Å². The SMILES string of the molecule is CCS(=O)(=O)c1ccc(CNC(=O)c2ccc(N3CC(c4ccc(C(F)(F)F)cc4)C(C)(C)C3)cc2)cc1. The molecule has 1 aliphatic rings. The minimum Gasteiger partial charge on any atom is -0.370 e. The van der Waals surface area contributed by atoms with E-state index in [1.807, 2.05) is 12.1 Å². The highest BCUT2D eigenvalue weighted by atomic mass is 32.2. The van der Waals surface area contributed by atoms with E-state index in [1.165, 1.54) is 0 Å². The second-order valence-electron chi connectivity index (χ2n) is 10.3. The maximum atomic E-state index is 13.0. The first kappa shape index (κ1) is 27.7. The molecule has 1 aliphatic heterocycles. The minimum absolute atomic E-state index is 0.0315. The average Bonchev–Trinajstić information content (AvgIpc) is 3.22. The Hall–Kier alpha value is -3.33. The molecule has 9 heteroatoms. The van der Waals surface area contributed by atoms with Gasteiger partial charge in [0.2, 0.25) is 0 Å². The summed E-state index contributed by atoms with van der Waals surface area (Å²) in [6.45, 7) is 7.48. The lowest BCUT2D eigenvalue weighted by Crippen LogP contribution is -2.24. The van der Waals surface area contributed by atoms with Crippen LogP contribution in [0.5, 0.6) is 0 Å². The van der Waals surface area contributed by atoms with Crippen molar-refractivity contribution >= 4 is 21.4 Å². The molecule has 38 heavy (non-hydrogen) atoms. The summed E-state index contributed by atoms with van der Waals surface area (Å²) in [4.78, 5) is 15.1. The summed E-state index contributed by atoms with van der Waals surface area (Å²) in [6, 6.07) is 19.2. The average molecular weight is 545 g/mol. The van der Waals surface area contributed by atoms with Gasteiger partial charge in [0.05, 0.1) is 16.2 Å². The predicted molar refractivity (Wildman–Crippen MR) is 142 cm³/mol. The first-order valence-corrected chi connectivity index (χ1v) is 14.1. The van der Waals surface area contributed by atoms with Crippen LogP contribution >= 0.6 is 0 Å². The van der Waals surface area contributed by atoms with Gasteiger partial charge < -0.3 is 10.2 Å². The van der Waals surface area contributed by atoms with Gasteiger partial charge >= 0.3 is 6.18 Å². The Labute approximate surface area is 221 Å². The predicted octanol–water partition coefficient (Wildman–Crippen LogP) is 6.06. The quantitative estimate of drug-likeness (QED) is 0.393. The Morgan fingerprint density at radius 3 is 2.13 bits per heavy atom. The molecule has 4 rings (SSSR count). The Morgan fingerprint density at radius 1 is 0.974 bits per heavy atom. The van der Waals surface area contributed by atoms with Crippen molar-refractivity contribution in [2.24, 2.45) is 5.41 Å². The molecule has 0 spiro atoms. The molecule has 3 aromatic rings. The molecular weight excluding hydrogens is 513 g/mol. The smallest absolute Gasteiger partial charge is 0.370 e. The number of nitrogens with zero attached hydrogens (tertiary/aromatic N) is 1. The Kier molecular flexibility index (Phi) is 7.61. The number of rotatable bonds is 7. The molecule has 0 bridgehead atoms. The molecule has 3 aromatic carbocycles. The standard InChI is InChI=1S/C29H31F3N2O3S/c1-4-38(36,37)25-15-5-20(6-16-25)17-33-27(35)22-9-13-24(14-10-22)34-18-26(28(2,3)19-34)21-7-11-23(12-8-21)29(30,31)32/h5-16,26H,4,17-19H2,1-3H3,(H,33,35). The van der Waals surface area contributed by atoms with Crippen LogP contribution in [0.25, 0.3) is 0 Å². The van der Waals surface area contributed by atoms with Crippen molar-refractivity contribution in [2.45, 2.75) is 44.3 Å². The molecule has 1 amide bonds. The second-order valence-corrected chi connectivity index (χ2v) is 12.6. The summed E-state index contributed by atoms with van der Waals surface area (Å²) in [7, 11) is -3.27. The molecule has 202 valence electrons. The zero-order valence-electron chi connectivity index (χ0n) is 21.5. The van der Waals surface area contributed by atoms with Gasteiger partial charge in [-0.15, -0.1) is 0 Å². The lowest BCUT2D eigenvalue weighted by atomic mass is 9.78. The number of halogens is 3. The van der Waals surface area contributed by atoms with Crippen molar-refractivity contribution in [1.29, 1.82) is 0 Å². The molecule has 1 N–H and O–H groups in total. The molecule has 1 fully saturated rings. The summed E-state index contributed by atoms with van der Waals surface area (Å²) in [6.07, 6.45) is -4.35. The molecule has 0 aliphatic carbocycles. The van der Waals surface area contributed by atoms with Gasteiger partial charge in [-0.2, -0.15) is 13.2 Å². The van der Waals surface area contributed by atoms with Crippen molar-refractivity contribution in [3.63, 3.8) is 0 Å². The number of hydrogen-bond donors (Lipinski definition) is 1. The van der Waals surface area contributed by atoms with Crippen molar-refractivity contribution in [2.75, 3.05) is 23.7 Å². The lowest BCUT2D eigenvalue weighted by Gasteiger charge is -2.26. The Morgan fingerprint density at radius 2 is 1.58 bits per heavy atom. The van der Waals surface area contributed by atoms with E-state index >= 15 is 0 Å². The molecule has 1 heterocycles. The van der Waals surface area contributed by atoms with Crippen LogP contribution in [-0.2, 0) is 22.6 Å². The zero-order chi connectivity index (χ0) is 27.7. The van der Waals surface area contributed by atoms with Crippen LogP contribution in [0, 0.1) is 5.41 Å². The van der Waals surface area contributed by atoms with E-state index in [0.717, 1.165) is 35.5 Å². The Balaban J connectivity index is 1.38. The summed E-state index contributed by atoms with van der Waals surface area (Å²) < 4.78 is 62.8. The van der Waals surface area contributed by atoms with Crippen molar-refractivity contribution in [1.82, 2.24) is 5.32 Å². The number of nitrogens with one attached hydrogen (secondary N) is 1. The third-order valence-corrected chi connectivity index (χ3v) is 8.95. The fourth-order valence-electron chi connectivity index (χ4n) is 4.88. The number of carbonyl (C=O) groups is 1. The fourth-order valence-corrected chi connectivity index (χ4v) is 5.77. The maximum absolute atomic E-state index is 13.0. The van der Waals surface area contributed by atoms with Crippen molar-refractivity contribution in [3.8, 4) is 0 Å². The molecular formula is C29H31F3N2O3S. The zero-order valence-corrected chi connectivity index (χ0v) is 22.4. The molecule has 0 radical (unpaired) electrons. The maximum Gasteiger partial charge on any atom is 0.416 e. The van der Waals surface area contributed by atoms with Crippen LogP contribution in [0.15, 0.2) is 77.7 Å². The van der Waals surface area contributed by atoms with Gasteiger partial charge in [0.15, 0.2) is 9.84 Å². The topological polar surface area (TPSA) is 66.5 Å². The van der Waals surface area contributed by atoms with Crippen LogP contribution < -0.4 is 10.2 Å². The highest BCUT2D eigenvalue weighted by Gasteiger charge is 2.40. The number of anilines is 1. The third kappa shape index (κ3) is 6.04. The van der Waals surface area contributed by atoms with Crippen molar-refractivity contribution < 1.29 is 26.4 Å². The molecule has 1 unspecified atom stereocenters. The van der Waals surface area contributed by atoms with E-state index in [9.17, 15) is 26.4 Å². The normalized spacial score (nSPS) is 17.4. The number of amides is 1. The van der Waals surface area contributed by atoms with Gasteiger partial charge in [0.25, 0.3) is 5.91 Å². The van der Waals surface area contributed by atoms with Crippen LogP contribution in [0.4, 0.5) is 18.9 Å². The summed E-state index contributed by atoms with van der Waals surface area (Å²) in [5.41, 5.74) is 2.31. The number of sulfone groups is 1. The van der Waals surface area contributed by atoms with E-state index in [0.29, 0.717) is 12.1 Å². The lowest BCUT2D eigenvalue weighted by molar-refractivity contribution is -0.137. The largest absolute Gasteiger partial charge is 0.416 e. The molecule has 1 saturated heterocycles. The van der Waals surface area contributed by atoms with Gasteiger partial charge in [0.1, 0.15) is 0 Å². The van der Waals surface area contributed by atoms with E-state index in [1.54, 1.807) is 55.5 Å². The summed E-state index contributed by atoms with van der Waals surface area (Å²) >= 11 is 0. The second kappa shape index (κ2) is 10.4. The first-order chi connectivity index (χ1) is 17.8. The summed E-state index contributed by atoms with van der Waals surface area (Å²) in [5.74, 6) is -0.151. The van der Waals surface area contributed by atoms with Gasteiger partial charge in [-0.1, -0.05) is 45.0 Å². The van der Waals surface area contributed by atoms with Crippen LogP contribution in [0.2, 0.25) is 0 Å². The number of alkyl halides is 3. The van der Waals surface area contributed by atoms with Gasteiger partial charge in [0, 0.05) is 36.8 Å². The van der Waals surface area contributed by atoms with Crippen molar-refractivity contribution in [3.05, 3.63) is 95.1 Å². The van der Waals surface area contributed by atoms with E-state index in [-0.39, 0.29) is 34.4 Å². The van der Waals surface area contributed by atoms with E-state index < -0.39 is 21.6 Å². The van der Waals surface area contributed by atoms with E-state index in [4.69, 9.17) is 0 Å².